The van der Waals surface area contributed by atoms with Crippen LogP contribution in [0.2, 0.25) is 0 Å². The third-order valence-corrected chi connectivity index (χ3v) is 5.21. The highest BCUT2D eigenvalue weighted by atomic mass is 16.6. The van der Waals surface area contributed by atoms with Gasteiger partial charge < -0.3 is 9.84 Å². The van der Waals surface area contributed by atoms with Gasteiger partial charge >= 0.3 is 0 Å². The molecular formula is C16H31NO2. The molecule has 3 heteroatoms. The van der Waals surface area contributed by atoms with Crippen molar-refractivity contribution < 1.29 is 9.84 Å². The van der Waals surface area contributed by atoms with E-state index in [0.29, 0.717) is 17.8 Å². The monoisotopic (exact) mass is 269 g/mol. The van der Waals surface area contributed by atoms with Gasteiger partial charge in [0.25, 0.3) is 0 Å². The zero-order valence-corrected chi connectivity index (χ0v) is 13.4. The van der Waals surface area contributed by atoms with Crippen molar-refractivity contribution in [2.24, 2.45) is 23.7 Å². The Morgan fingerprint density at radius 2 is 1.79 bits per heavy atom. The second kappa shape index (κ2) is 5.34. The minimum Gasteiger partial charge on any atom is -0.378 e. The molecule has 2 rings (SSSR count). The first-order chi connectivity index (χ1) is 8.74. The van der Waals surface area contributed by atoms with Crippen LogP contribution in [0.5, 0.6) is 0 Å². The molecule has 0 aromatic rings. The van der Waals surface area contributed by atoms with Crippen LogP contribution >= 0.6 is 0 Å². The molecule has 0 spiro atoms. The third kappa shape index (κ3) is 2.84. The molecular weight excluding hydrogens is 238 g/mol. The van der Waals surface area contributed by atoms with Gasteiger partial charge in [0.15, 0.2) is 0 Å². The maximum atomic E-state index is 10.9. The lowest BCUT2D eigenvalue weighted by molar-refractivity contribution is -0.379. The summed E-state index contributed by atoms with van der Waals surface area (Å²) < 4.78 is 5.74. The van der Waals surface area contributed by atoms with Crippen molar-refractivity contribution in [3.63, 3.8) is 0 Å². The van der Waals surface area contributed by atoms with Crippen molar-refractivity contribution in [1.29, 1.82) is 0 Å². The normalized spacial score (nSPS) is 41.1. The van der Waals surface area contributed by atoms with Gasteiger partial charge in [-0.2, -0.15) is 0 Å². The molecule has 1 aliphatic heterocycles. The molecule has 2 aliphatic rings. The predicted octanol–water partition coefficient (Wildman–Crippen LogP) is 3.43. The van der Waals surface area contributed by atoms with Crippen molar-refractivity contribution in [3.05, 3.63) is 0 Å². The molecule has 3 nitrogen and oxygen atoms in total. The van der Waals surface area contributed by atoms with Crippen molar-refractivity contribution >= 4 is 0 Å². The van der Waals surface area contributed by atoms with Gasteiger partial charge in [0.05, 0.1) is 0 Å². The molecule has 1 heterocycles. The molecule has 5 atom stereocenters. The second-order valence-corrected chi connectivity index (χ2v) is 7.47. The van der Waals surface area contributed by atoms with Crippen molar-refractivity contribution in [1.82, 2.24) is 4.90 Å². The number of ether oxygens (including phenoxy) is 1. The molecule has 5 unspecified atom stereocenters. The topological polar surface area (TPSA) is 32.7 Å². The molecule has 1 saturated carbocycles. The van der Waals surface area contributed by atoms with Crippen LogP contribution in [0, 0.1) is 23.7 Å². The maximum Gasteiger partial charge on any atom is 0.122 e. The van der Waals surface area contributed by atoms with Crippen molar-refractivity contribution in [2.75, 3.05) is 0 Å². The molecule has 0 bridgehead atoms. The summed E-state index contributed by atoms with van der Waals surface area (Å²) in [6, 6.07) is 0. The lowest BCUT2D eigenvalue weighted by atomic mass is 9.69. The van der Waals surface area contributed by atoms with E-state index in [0.717, 1.165) is 12.3 Å². The van der Waals surface area contributed by atoms with Gasteiger partial charge in [-0.1, -0.05) is 27.2 Å². The van der Waals surface area contributed by atoms with Crippen LogP contribution in [-0.2, 0) is 4.74 Å². The highest BCUT2D eigenvalue weighted by Crippen LogP contribution is 2.44. The Morgan fingerprint density at radius 1 is 1.16 bits per heavy atom. The Bertz CT molecular complexity index is 316. The van der Waals surface area contributed by atoms with Gasteiger partial charge in [0, 0.05) is 5.92 Å². The van der Waals surface area contributed by atoms with E-state index in [-0.39, 0.29) is 18.2 Å². The Kier molecular flexibility index (Phi) is 4.29. The van der Waals surface area contributed by atoms with Gasteiger partial charge in [-0.25, -0.2) is 4.90 Å². The largest absolute Gasteiger partial charge is 0.378 e. The number of hydrogen-bond donors (Lipinski definition) is 1. The van der Waals surface area contributed by atoms with E-state index in [1.165, 1.54) is 12.8 Å². The fraction of sp³-hybridized carbons (Fsp3) is 1.00. The molecule has 0 aromatic heterocycles. The first-order valence-electron chi connectivity index (χ1n) is 7.88. The van der Waals surface area contributed by atoms with Crippen LogP contribution in [0.4, 0.5) is 0 Å². The van der Waals surface area contributed by atoms with E-state index in [1.54, 1.807) is 0 Å². The highest BCUT2D eigenvalue weighted by Gasteiger charge is 2.51. The average Bonchev–Trinajstić information content (AvgIpc) is 2.26. The lowest BCUT2D eigenvalue weighted by Gasteiger charge is -2.58. The van der Waals surface area contributed by atoms with Gasteiger partial charge in [-0.05, 0) is 51.4 Å². The summed E-state index contributed by atoms with van der Waals surface area (Å²) in [7, 11) is 0. The Labute approximate surface area is 118 Å². The Balaban J connectivity index is 2.12. The molecule has 1 aliphatic carbocycles. The van der Waals surface area contributed by atoms with E-state index < -0.39 is 0 Å². The van der Waals surface area contributed by atoms with Crippen LogP contribution < -0.4 is 0 Å². The Morgan fingerprint density at radius 3 is 2.26 bits per heavy atom. The summed E-state index contributed by atoms with van der Waals surface area (Å²) in [6.45, 7) is 13.0. The van der Waals surface area contributed by atoms with E-state index in [9.17, 15) is 5.11 Å². The fourth-order valence-electron chi connectivity index (χ4n) is 4.28. The molecule has 2 fully saturated rings. The van der Waals surface area contributed by atoms with Gasteiger partial charge in [-0.3, -0.25) is 0 Å². The summed E-state index contributed by atoms with van der Waals surface area (Å²) in [6.07, 6.45) is 3.37. The summed E-state index contributed by atoms with van der Waals surface area (Å²) >= 11 is 0. The molecule has 0 amide bonds. The zero-order valence-electron chi connectivity index (χ0n) is 13.4. The van der Waals surface area contributed by atoms with Crippen LogP contribution in [-0.4, -0.2) is 28.2 Å². The van der Waals surface area contributed by atoms with E-state index >= 15 is 0 Å². The summed E-state index contributed by atoms with van der Waals surface area (Å²) in [5.41, 5.74) is -0.318. The minimum atomic E-state index is -0.367. The van der Waals surface area contributed by atoms with Crippen molar-refractivity contribution in [2.45, 2.75) is 79.0 Å². The third-order valence-electron chi connectivity index (χ3n) is 5.21. The minimum absolute atomic E-state index is 0.0371. The quantitative estimate of drug-likeness (QED) is 0.852. The fourth-order valence-corrected chi connectivity index (χ4v) is 4.28. The van der Waals surface area contributed by atoms with Crippen LogP contribution in [0.1, 0.15) is 60.8 Å². The number of hydrogen-bond acceptors (Lipinski definition) is 3. The number of aliphatic hydroxyl groups is 1. The summed E-state index contributed by atoms with van der Waals surface area (Å²) in [5, 5.41) is 10.9. The standard InChI is InChI=1S/C16H31NO2/c1-10(2)13-8-7-11(3)9-14(13)15(18)17-12(4)19-16(17,5)6/h10-15,18H,7-9H2,1-6H3. The summed E-state index contributed by atoms with van der Waals surface area (Å²) in [5.74, 6) is 2.40. The van der Waals surface area contributed by atoms with Crippen LogP contribution in [0.15, 0.2) is 0 Å². The van der Waals surface area contributed by atoms with E-state index in [4.69, 9.17) is 4.74 Å². The molecule has 1 saturated heterocycles. The lowest BCUT2D eigenvalue weighted by Crippen LogP contribution is -2.69. The van der Waals surface area contributed by atoms with Crippen LogP contribution in [0.3, 0.4) is 0 Å². The molecule has 1 N–H and O–H groups in total. The molecule has 0 aromatic carbocycles. The van der Waals surface area contributed by atoms with Crippen molar-refractivity contribution in [3.8, 4) is 0 Å². The zero-order chi connectivity index (χ0) is 14.4. The first-order valence-corrected chi connectivity index (χ1v) is 7.88. The van der Waals surface area contributed by atoms with Gasteiger partial charge in [0.2, 0.25) is 0 Å². The van der Waals surface area contributed by atoms with E-state index in [2.05, 4.69) is 25.7 Å². The van der Waals surface area contributed by atoms with Gasteiger partial charge in [0.1, 0.15) is 18.2 Å². The second-order valence-electron chi connectivity index (χ2n) is 7.47. The molecule has 0 radical (unpaired) electrons. The number of aliphatic hydroxyl groups excluding tert-OH is 1. The summed E-state index contributed by atoms with van der Waals surface area (Å²) in [4.78, 5) is 2.14. The SMILES string of the molecule is CC1CCC(C(C)C)C(C(O)N2C(C)OC2(C)C)C1. The number of nitrogens with zero attached hydrogens (tertiary/aromatic N) is 1. The highest BCUT2D eigenvalue weighted by molar-refractivity contribution is 4.92. The first kappa shape index (κ1) is 15.3. The van der Waals surface area contributed by atoms with Crippen LogP contribution in [0.25, 0.3) is 0 Å². The predicted molar refractivity (Wildman–Crippen MR) is 77.3 cm³/mol. The maximum absolute atomic E-state index is 10.9. The molecule has 19 heavy (non-hydrogen) atoms. The van der Waals surface area contributed by atoms with Gasteiger partial charge in [-0.15, -0.1) is 0 Å². The molecule has 112 valence electrons. The average molecular weight is 269 g/mol. The Hall–Kier alpha value is -0.120. The smallest absolute Gasteiger partial charge is 0.122 e. The van der Waals surface area contributed by atoms with E-state index in [1.807, 2.05) is 20.8 Å². The number of rotatable bonds is 3.